The molecule has 1 amide bonds. The number of nitrogens with zero attached hydrogens (tertiary/aromatic N) is 1. The summed E-state index contributed by atoms with van der Waals surface area (Å²) in [6.07, 6.45) is 1.85. The Hall–Kier alpha value is -1.17. The van der Waals surface area contributed by atoms with E-state index in [2.05, 4.69) is 0 Å². The van der Waals surface area contributed by atoms with Crippen molar-refractivity contribution in [2.24, 2.45) is 17.6 Å². The van der Waals surface area contributed by atoms with Gasteiger partial charge in [0.15, 0.2) is 0 Å². The van der Waals surface area contributed by atoms with Crippen LogP contribution >= 0.6 is 12.2 Å². The molecule has 0 heterocycles. The highest BCUT2D eigenvalue weighted by Crippen LogP contribution is 2.29. The number of carbonyl (C=O) groups is 2. The average Bonchev–Trinajstić information content (AvgIpc) is 3.08. The molecule has 0 saturated heterocycles. The lowest BCUT2D eigenvalue weighted by atomic mass is 9.94. The highest BCUT2D eigenvalue weighted by atomic mass is 32.1. The molecule has 1 saturated carbocycles. The molecular formula is C13H22N2O3S. The molecule has 108 valence electrons. The number of ether oxygens (including phenoxy) is 1. The van der Waals surface area contributed by atoms with Crippen molar-refractivity contribution in [3.05, 3.63) is 0 Å². The third kappa shape index (κ3) is 4.45. The quantitative estimate of drug-likeness (QED) is 0.560. The molecule has 5 nitrogen and oxygen atoms in total. The zero-order valence-electron chi connectivity index (χ0n) is 11.7. The number of nitrogens with two attached hydrogens (primary N) is 1. The van der Waals surface area contributed by atoms with Crippen LogP contribution in [0.4, 0.5) is 0 Å². The van der Waals surface area contributed by atoms with Gasteiger partial charge < -0.3 is 15.4 Å². The van der Waals surface area contributed by atoms with Gasteiger partial charge >= 0.3 is 5.97 Å². The van der Waals surface area contributed by atoms with Crippen LogP contribution < -0.4 is 5.73 Å². The fourth-order valence-electron chi connectivity index (χ4n) is 2.03. The van der Waals surface area contributed by atoms with Gasteiger partial charge in [-0.3, -0.25) is 9.59 Å². The number of carbonyl (C=O) groups excluding carboxylic acids is 2. The molecule has 19 heavy (non-hydrogen) atoms. The van der Waals surface area contributed by atoms with Crippen LogP contribution in [-0.4, -0.2) is 41.0 Å². The van der Waals surface area contributed by atoms with E-state index in [9.17, 15) is 9.59 Å². The van der Waals surface area contributed by atoms with Crippen LogP contribution in [0.2, 0.25) is 0 Å². The summed E-state index contributed by atoms with van der Waals surface area (Å²) >= 11 is 4.97. The monoisotopic (exact) mass is 286 g/mol. The molecule has 0 aliphatic heterocycles. The van der Waals surface area contributed by atoms with Crippen molar-refractivity contribution in [2.75, 3.05) is 13.2 Å². The van der Waals surface area contributed by atoms with Gasteiger partial charge in [-0.1, -0.05) is 26.1 Å². The van der Waals surface area contributed by atoms with Gasteiger partial charge in [0.1, 0.15) is 6.54 Å². The van der Waals surface area contributed by atoms with Crippen molar-refractivity contribution in [1.29, 1.82) is 0 Å². The van der Waals surface area contributed by atoms with Gasteiger partial charge in [0, 0.05) is 6.04 Å². The molecule has 1 rings (SSSR count). The molecule has 0 spiro atoms. The van der Waals surface area contributed by atoms with E-state index in [1.165, 1.54) is 0 Å². The van der Waals surface area contributed by atoms with Crippen LogP contribution in [0.25, 0.3) is 0 Å². The Labute approximate surface area is 119 Å². The Morgan fingerprint density at radius 1 is 1.42 bits per heavy atom. The molecule has 0 bridgehead atoms. The van der Waals surface area contributed by atoms with Crippen molar-refractivity contribution in [3.63, 3.8) is 0 Å². The van der Waals surface area contributed by atoms with Crippen LogP contribution in [-0.2, 0) is 14.3 Å². The largest absolute Gasteiger partial charge is 0.465 e. The first-order valence-electron chi connectivity index (χ1n) is 6.63. The maximum absolute atomic E-state index is 12.5. The molecule has 2 N–H and O–H groups in total. The van der Waals surface area contributed by atoms with Gasteiger partial charge in [-0.15, -0.1) is 0 Å². The maximum atomic E-state index is 12.5. The second-order valence-corrected chi connectivity index (χ2v) is 5.60. The molecule has 1 aliphatic carbocycles. The first-order chi connectivity index (χ1) is 8.88. The molecule has 1 unspecified atom stereocenters. The SMILES string of the molecule is CCOC(=O)CN(C(=O)C(C(N)=S)C(C)C)C1CC1. The zero-order chi connectivity index (χ0) is 14.6. The number of hydrogen-bond acceptors (Lipinski definition) is 4. The molecule has 1 aliphatic rings. The maximum Gasteiger partial charge on any atom is 0.325 e. The van der Waals surface area contributed by atoms with E-state index in [1.54, 1.807) is 11.8 Å². The van der Waals surface area contributed by atoms with Gasteiger partial charge in [-0.25, -0.2) is 0 Å². The van der Waals surface area contributed by atoms with Crippen molar-refractivity contribution in [3.8, 4) is 0 Å². The van der Waals surface area contributed by atoms with Crippen molar-refractivity contribution in [1.82, 2.24) is 4.90 Å². The van der Waals surface area contributed by atoms with E-state index in [-0.39, 0.29) is 35.4 Å². The lowest BCUT2D eigenvalue weighted by Gasteiger charge is -2.28. The highest BCUT2D eigenvalue weighted by Gasteiger charge is 2.39. The highest BCUT2D eigenvalue weighted by molar-refractivity contribution is 7.80. The summed E-state index contributed by atoms with van der Waals surface area (Å²) in [6, 6.07) is 0.132. The van der Waals surface area contributed by atoms with Crippen molar-refractivity contribution in [2.45, 2.75) is 39.7 Å². The number of amides is 1. The Bertz CT molecular complexity index is 367. The van der Waals surface area contributed by atoms with Crippen LogP contribution in [0, 0.1) is 11.8 Å². The summed E-state index contributed by atoms with van der Waals surface area (Å²) in [5.41, 5.74) is 5.65. The number of thiocarbonyl (C=S) groups is 1. The first kappa shape index (κ1) is 15.9. The van der Waals surface area contributed by atoms with Gasteiger partial charge in [-0.2, -0.15) is 0 Å². The summed E-state index contributed by atoms with van der Waals surface area (Å²) < 4.78 is 4.90. The lowest BCUT2D eigenvalue weighted by molar-refractivity contribution is -0.150. The minimum Gasteiger partial charge on any atom is -0.465 e. The third-order valence-corrected chi connectivity index (χ3v) is 3.37. The average molecular weight is 286 g/mol. The Balaban J connectivity index is 2.77. The van der Waals surface area contributed by atoms with E-state index >= 15 is 0 Å². The summed E-state index contributed by atoms with van der Waals surface area (Å²) in [5.74, 6) is -1.02. The standard InChI is InChI=1S/C13H22N2O3S/c1-4-18-10(16)7-15(9-5-6-9)13(17)11(8(2)3)12(14)19/h8-9,11H,4-7H2,1-3H3,(H2,14,19). The van der Waals surface area contributed by atoms with Crippen LogP contribution in [0.1, 0.15) is 33.6 Å². The predicted octanol–water partition coefficient (Wildman–Crippen LogP) is 1.10. The Kier molecular flexibility index (Phi) is 5.72. The first-order valence-corrected chi connectivity index (χ1v) is 7.04. The second-order valence-electron chi connectivity index (χ2n) is 5.13. The Morgan fingerprint density at radius 2 is 2.00 bits per heavy atom. The minimum absolute atomic E-state index is 0.0107. The minimum atomic E-state index is -0.509. The number of esters is 1. The van der Waals surface area contributed by atoms with E-state index < -0.39 is 5.92 Å². The molecule has 1 atom stereocenters. The number of hydrogen-bond donors (Lipinski definition) is 1. The predicted molar refractivity (Wildman–Crippen MR) is 76.5 cm³/mol. The topological polar surface area (TPSA) is 72.6 Å². The molecule has 0 radical (unpaired) electrons. The van der Waals surface area contributed by atoms with Crippen molar-refractivity contribution < 1.29 is 14.3 Å². The van der Waals surface area contributed by atoms with E-state index in [4.69, 9.17) is 22.7 Å². The fraction of sp³-hybridized carbons (Fsp3) is 0.769. The van der Waals surface area contributed by atoms with Crippen molar-refractivity contribution >= 4 is 29.1 Å². The zero-order valence-corrected chi connectivity index (χ0v) is 12.5. The molecule has 1 fully saturated rings. The number of rotatable bonds is 7. The lowest BCUT2D eigenvalue weighted by Crippen LogP contribution is -2.46. The van der Waals surface area contributed by atoms with Crippen LogP contribution in [0.3, 0.4) is 0 Å². The van der Waals surface area contributed by atoms with Gasteiger partial charge in [0.2, 0.25) is 5.91 Å². The van der Waals surface area contributed by atoms with Gasteiger partial charge in [0.05, 0.1) is 17.5 Å². The van der Waals surface area contributed by atoms with E-state index in [0.717, 1.165) is 12.8 Å². The molecule has 0 aromatic heterocycles. The fourth-order valence-corrected chi connectivity index (χ4v) is 2.41. The van der Waals surface area contributed by atoms with Crippen LogP contribution in [0.15, 0.2) is 0 Å². The van der Waals surface area contributed by atoms with Crippen LogP contribution in [0.5, 0.6) is 0 Å². The Morgan fingerprint density at radius 3 is 2.37 bits per heavy atom. The smallest absolute Gasteiger partial charge is 0.325 e. The summed E-state index contributed by atoms with van der Waals surface area (Å²) in [7, 11) is 0. The van der Waals surface area contributed by atoms with Gasteiger partial charge in [-0.05, 0) is 25.7 Å². The third-order valence-electron chi connectivity index (χ3n) is 3.11. The van der Waals surface area contributed by atoms with Gasteiger partial charge in [0.25, 0.3) is 0 Å². The second kappa shape index (κ2) is 6.84. The summed E-state index contributed by atoms with van der Waals surface area (Å²) in [4.78, 5) is 25.8. The normalized spacial score (nSPS) is 16.0. The van der Waals surface area contributed by atoms with E-state index in [0.29, 0.717) is 6.61 Å². The molecule has 6 heteroatoms. The summed E-state index contributed by atoms with van der Waals surface area (Å²) in [5, 5.41) is 0. The molecule has 0 aromatic rings. The summed E-state index contributed by atoms with van der Waals surface area (Å²) in [6.45, 7) is 5.85. The molecule has 0 aromatic carbocycles. The van der Waals surface area contributed by atoms with E-state index in [1.807, 2.05) is 13.8 Å². The molecular weight excluding hydrogens is 264 g/mol.